The van der Waals surface area contributed by atoms with E-state index in [1.54, 1.807) is 0 Å². The summed E-state index contributed by atoms with van der Waals surface area (Å²) in [4.78, 5) is 15.2. The number of amides is 1. The second-order valence-corrected chi connectivity index (χ2v) is 3.88. The molecule has 0 aliphatic heterocycles. The lowest BCUT2D eigenvalue weighted by atomic mass is 10.2. The van der Waals surface area contributed by atoms with Crippen LogP contribution in [0.5, 0.6) is 0 Å². The number of halogens is 1. The smallest absolute Gasteiger partial charge is 0.234 e. The van der Waals surface area contributed by atoms with E-state index in [1.165, 1.54) is 0 Å². The number of rotatable bonds is 5. The first-order valence-electron chi connectivity index (χ1n) is 5.50. The summed E-state index contributed by atoms with van der Waals surface area (Å²) >= 11 is 5.35. The van der Waals surface area contributed by atoms with Crippen LogP contribution in [0.3, 0.4) is 0 Å². The average Bonchev–Trinajstić information content (AvgIpc) is 2.88. The second-order valence-electron chi connectivity index (χ2n) is 3.61. The van der Waals surface area contributed by atoms with E-state index >= 15 is 0 Å². The minimum absolute atomic E-state index is 0.0426. The summed E-state index contributed by atoms with van der Waals surface area (Å²) < 4.78 is 5.09. The fourth-order valence-electron chi connectivity index (χ4n) is 1.42. The van der Waals surface area contributed by atoms with Gasteiger partial charge in [-0.1, -0.05) is 35.5 Å². The molecule has 0 atom stereocenters. The maximum atomic E-state index is 10.9. The topological polar surface area (TPSA) is 68.0 Å². The Labute approximate surface area is 109 Å². The van der Waals surface area contributed by atoms with Crippen LogP contribution in [0, 0.1) is 0 Å². The fourth-order valence-corrected chi connectivity index (χ4v) is 1.51. The van der Waals surface area contributed by atoms with Crippen molar-refractivity contribution in [2.24, 2.45) is 0 Å². The van der Waals surface area contributed by atoms with Gasteiger partial charge in [0.2, 0.25) is 17.6 Å². The molecular weight excluding hydrogens is 254 g/mol. The summed E-state index contributed by atoms with van der Waals surface area (Å²) in [5.41, 5.74) is 0.900. The minimum Gasteiger partial charge on any atom is -0.355 e. The Bertz CT molecular complexity index is 513. The van der Waals surface area contributed by atoms with Crippen molar-refractivity contribution in [1.82, 2.24) is 15.5 Å². The molecule has 1 aromatic carbocycles. The lowest BCUT2D eigenvalue weighted by Crippen LogP contribution is -2.26. The van der Waals surface area contributed by atoms with E-state index in [4.69, 9.17) is 16.1 Å². The van der Waals surface area contributed by atoms with E-state index in [9.17, 15) is 4.79 Å². The van der Waals surface area contributed by atoms with Crippen molar-refractivity contribution in [3.05, 3.63) is 36.2 Å². The highest BCUT2D eigenvalue weighted by Gasteiger charge is 2.08. The third-order valence-electron chi connectivity index (χ3n) is 2.28. The van der Waals surface area contributed by atoms with E-state index in [2.05, 4.69) is 15.5 Å². The van der Waals surface area contributed by atoms with Gasteiger partial charge in [-0.2, -0.15) is 4.98 Å². The Hall–Kier alpha value is -1.88. The van der Waals surface area contributed by atoms with Crippen LogP contribution in [-0.2, 0) is 11.2 Å². The maximum Gasteiger partial charge on any atom is 0.234 e. The molecule has 0 aliphatic carbocycles. The van der Waals surface area contributed by atoms with Crippen molar-refractivity contribution in [2.75, 3.05) is 12.4 Å². The number of alkyl halides is 1. The summed E-state index contributed by atoms with van der Waals surface area (Å²) in [5, 5.41) is 6.51. The SMILES string of the molecule is O=C(CCl)NCCc1nc(-c2ccccc2)no1. The van der Waals surface area contributed by atoms with Gasteiger partial charge in [0, 0.05) is 18.5 Å². The van der Waals surface area contributed by atoms with Crippen LogP contribution in [-0.4, -0.2) is 28.5 Å². The summed E-state index contributed by atoms with van der Waals surface area (Å²) in [7, 11) is 0. The van der Waals surface area contributed by atoms with E-state index in [-0.39, 0.29) is 11.8 Å². The zero-order valence-corrected chi connectivity index (χ0v) is 10.4. The molecule has 5 nitrogen and oxygen atoms in total. The van der Waals surface area contributed by atoms with Crippen LogP contribution >= 0.6 is 11.6 Å². The Morgan fingerprint density at radius 2 is 2.11 bits per heavy atom. The predicted octanol–water partition coefficient (Wildman–Crippen LogP) is 1.63. The maximum absolute atomic E-state index is 10.9. The minimum atomic E-state index is -0.209. The van der Waals surface area contributed by atoms with Gasteiger partial charge in [0.25, 0.3) is 0 Å². The summed E-state index contributed by atoms with van der Waals surface area (Å²) in [6.07, 6.45) is 0.489. The number of hydrogen-bond donors (Lipinski definition) is 1. The standard InChI is InChI=1S/C12H12ClN3O2/c13-8-10(17)14-7-6-11-15-12(16-18-11)9-4-2-1-3-5-9/h1-5H,6-8H2,(H,14,17). The van der Waals surface area contributed by atoms with Crippen molar-refractivity contribution in [3.8, 4) is 11.4 Å². The van der Waals surface area contributed by atoms with Crippen LogP contribution in [0.15, 0.2) is 34.9 Å². The van der Waals surface area contributed by atoms with E-state index in [1.807, 2.05) is 30.3 Å². The Morgan fingerprint density at radius 1 is 1.33 bits per heavy atom. The van der Waals surface area contributed by atoms with E-state index < -0.39 is 0 Å². The molecule has 0 saturated carbocycles. The zero-order chi connectivity index (χ0) is 12.8. The number of hydrogen-bond acceptors (Lipinski definition) is 4. The van der Waals surface area contributed by atoms with Gasteiger partial charge >= 0.3 is 0 Å². The first kappa shape index (κ1) is 12.6. The Balaban J connectivity index is 1.93. The van der Waals surface area contributed by atoms with Gasteiger partial charge in [0.05, 0.1) is 0 Å². The molecule has 0 radical (unpaired) electrons. The number of aromatic nitrogens is 2. The molecule has 18 heavy (non-hydrogen) atoms. The lowest BCUT2D eigenvalue weighted by molar-refractivity contribution is -0.118. The van der Waals surface area contributed by atoms with E-state index in [0.29, 0.717) is 24.7 Å². The average molecular weight is 266 g/mol. The van der Waals surface area contributed by atoms with Gasteiger partial charge in [-0.3, -0.25) is 4.79 Å². The van der Waals surface area contributed by atoms with Crippen LogP contribution in [0.1, 0.15) is 5.89 Å². The molecule has 1 aromatic heterocycles. The van der Waals surface area contributed by atoms with Crippen LogP contribution in [0.2, 0.25) is 0 Å². The number of nitrogens with one attached hydrogen (secondary N) is 1. The highest BCUT2D eigenvalue weighted by molar-refractivity contribution is 6.27. The van der Waals surface area contributed by atoms with Crippen molar-refractivity contribution >= 4 is 17.5 Å². The first-order chi connectivity index (χ1) is 8.79. The molecule has 1 amide bonds. The van der Waals surface area contributed by atoms with Crippen LogP contribution in [0.4, 0.5) is 0 Å². The largest absolute Gasteiger partial charge is 0.355 e. The zero-order valence-electron chi connectivity index (χ0n) is 9.60. The number of nitrogens with zero attached hydrogens (tertiary/aromatic N) is 2. The van der Waals surface area contributed by atoms with Crippen LogP contribution in [0.25, 0.3) is 11.4 Å². The Kier molecular flexibility index (Phi) is 4.30. The summed E-state index contributed by atoms with van der Waals surface area (Å²) in [5.74, 6) is 0.788. The van der Waals surface area contributed by atoms with Gasteiger partial charge in [0.15, 0.2) is 0 Å². The molecule has 94 valence electrons. The molecule has 2 rings (SSSR count). The highest BCUT2D eigenvalue weighted by Crippen LogP contribution is 2.14. The molecular formula is C12H12ClN3O2. The molecule has 0 saturated heterocycles. The first-order valence-corrected chi connectivity index (χ1v) is 6.03. The van der Waals surface area contributed by atoms with Crippen molar-refractivity contribution in [1.29, 1.82) is 0 Å². The quantitative estimate of drug-likeness (QED) is 0.835. The number of benzene rings is 1. The van der Waals surface area contributed by atoms with Gasteiger partial charge in [0.1, 0.15) is 5.88 Å². The molecule has 1 N–H and O–H groups in total. The molecule has 1 heterocycles. The lowest BCUT2D eigenvalue weighted by Gasteiger charge is -1.98. The molecule has 0 spiro atoms. The highest BCUT2D eigenvalue weighted by atomic mass is 35.5. The predicted molar refractivity (Wildman–Crippen MR) is 67.2 cm³/mol. The van der Waals surface area contributed by atoms with Gasteiger partial charge in [-0.05, 0) is 0 Å². The normalized spacial score (nSPS) is 10.3. The second kappa shape index (κ2) is 6.16. The molecule has 0 fully saturated rings. The molecule has 0 aliphatic rings. The number of carbonyl (C=O) groups excluding carboxylic acids is 1. The van der Waals surface area contributed by atoms with Gasteiger partial charge in [-0.15, -0.1) is 11.6 Å². The van der Waals surface area contributed by atoms with Crippen molar-refractivity contribution in [3.63, 3.8) is 0 Å². The fraction of sp³-hybridized carbons (Fsp3) is 0.250. The molecule has 2 aromatic rings. The summed E-state index contributed by atoms with van der Waals surface area (Å²) in [6.45, 7) is 0.433. The molecule has 0 bridgehead atoms. The Morgan fingerprint density at radius 3 is 2.83 bits per heavy atom. The third kappa shape index (κ3) is 3.30. The van der Waals surface area contributed by atoms with Crippen molar-refractivity contribution in [2.45, 2.75) is 6.42 Å². The number of carbonyl (C=O) groups is 1. The third-order valence-corrected chi connectivity index (χ3v) is 2.53. The van der Waals surface area contributed by atoms with Gasteiger partial charge in [-0.25, -0.2) is 0 Å². The van der Waals surface area contributed by atoms with E-state index in [0.717, 1.165) is 5.56 Å². The molecule has 0 unspecified atom stereocenters. The summed E-state index contributed by atoms with van der Waals surface area (Å²) in [6, 6.07) is 9.55. The molecule has 6 heteroatoms. The van der Waals surface area contributed by atoms with Crippen LogP contribution < -0.4 is 5.32 Å². The monoisotopic (exact) mass is 265 g/mol. The van der Waals surface area contributed by atoms with Gasteiger partial charge < -0.3 is 9.84 Å². The van der Waals surface area contributed by atoms with Crippen molar-refractivity contribution < 1.29 is 9.32 Å².